The van der Waals surface area contributed by atoms with Crippen LogP contribution < -0.4 is 14.4 Å². The summed E-state index contributed by atoms with van der Waals surface area (Å²) in [6.07, 6.45) is 5.19. The molecular weight excluding hydrogens is 646 g/mol. The first kappa shape index (κ1) is 35.0. The van der Waals surface area contributed by atoms with Gasteiger partial charge in [-0.3, -0.25) is 13.9 Å². The number of methoxy groups -OCH3 is 1. The SMILES string of the molecule is COc1cccc(CN(C(=O)CN(c2ccccc2Cl)S(=O)(=O)c2ccc(C)cc2)[C@H](Cc2ccccc2)C(=O)NC2CCCCC2)c1. The molecule has 1 fully saturated rings. The highest BCUT2D eigenvalue weighted by Crippen LogP contribution is 2.31. The van der Waals surface area contributed by atoms with Crippen LogP contribution in [0.15, 0.2) is 108 Å². The minimum absolute atomic E-state index is 0.0137. The number of nitrogens with zero attached hydrogens (tertiary/aromatic N) is 2. The highest BCUT2D eigenvalue weighted by atomic mass is 35.5. The molecule has 2 amide bonds. The summed E-state index contributed by atoms with van der Waals surface area (Å²) in [6, 6.07) is 28.9. The van der Waals surface area contributed by atoms with Gasteiger partial charge in [0, 0.05) is 19.0 Å². The number of aryl methyl sites for hydroxylation is 1. The summed E-state index contributed by atoms with van der Waals surface area (Å²) >= 11 is 6.58. The number of hydrogen-bond acceptors (Lipinski definition) is 5. The van der Waals surface area contributed by atoms with Gasteiger partial charge < -0.3 is 15.0 Å². The Bertz CT molecular complexity index is 1790. The molecule has 8 nitrogen and oxygen atoms in total. The van der Waals surface area contributed by atoms with E-state index in [-0.39, 0.29) is 40.5 Å². The molecule has 48 heavy (non-hydrogen) atoms. The summed E-state index contributed by atoms with van der Waals surface area (Å²) in [5, 5.41) is 3.40. The third-order valence-corrected chi connectivity index (χ3v) is 10.8. The van der Waals surface area contributed by atoms with Crippen molar-refractivity contribution in [2.24, 2.45) is 0 Å². The van der Waals surface area contributed by atoms with Gasteiger partial charge in [-0.15, -0.1) is 0 Å². The molecule has 0 spiro atoms. The number of anilines is 1. The van der Waals surface area contributed by atoms with Gasteiger partial charge in [0.05, 0.1) is 22.7 Å². The zero-order chi connectivity index (χ0) is 34.1. The molecule has 5 rings (SSSR count). The fourth-order valence-corrected chi connectivity index (χ4v) is 7.79. The van der Waals surface area contributed by atoms with E-state index in [0.29, 0.717) is 5.75 Å². The quantitative estimate of drug-likeness (QED) is 0.164. The summed E-state index contributed by atoms with van der Waals surface area (Å²) in [5.74, 6) is -0.216. The molecule has 0 unspecified atom stereocenters. The molecule has 0 bridgehead atoms. The lowest BCUT2D eigenvalue weighted by molar-refractivity contribution is -0.140. The van der Waals surface area contributed by atoms with Crippen LogP contribution in [-0.4, -0.2) is 50.9 Å². The third kappa shape index (κ3) is 8.76. The van der Waals surface area contributed by atoms with Crippen LogP contribution in [0.2, 0.25) is 5.02 Å². The Kier molecular flexibility index (Phi) is 11.8. The molecule has 0 radical (unpaired) electrons. The predicted molar refractivity (Wildman–Crippen MR) is 190 cm³/mol. The first-order valence-electron chi connectivity index (χ1n) is 16.3. The molecular formula is C38H42ClN3O5S. The molecule has 1 saturated carbocycles. The Morgan fingerprint density at radius 1 is 0.875 bits per heavy atom. The van der Waals surface area contributed by atoms with E-state index in [1.807, 2.05) is 55.5 Å². The first-order valence-corrected chi connectivity index (χ1v) is 18.1. The molecule has 10 heteroatoms. The van der Waals surface area contributed by atoms with E-state index in [4.69, 9.17) is 16.3 Å². The normalized spacial score (nSPS) is 14.1. The number of rotatable bonds is 13. The van der Waals surface area contributed by atoms with Crippen LogP contribution in [0.25, 0.3) is 0 Å². The van der Waals surface area contributed by atoms with E-state index in [2.05, 4.69) is 5.32 Å². The maximum atomic E-state index is 14.7. The molecule has 4 aromatic rings. The molecule has 1 aliphatic carbocycles. The van der Waals surface area contributed by atoms with Crippen molar-refractivity contribution in [1.82, 2.24) is 10.2 Å². The molecule has 0 aliphatic heterocycles. The van der Waals surface area contributed by atoms with E-state index < -0.39 is 28.5 Å². The van der Waals surface area contributed by atoms with Crippen LogP contribution in [0.3, 0.4) is 0 Å². The second kappa shape index (κ2) is 16.2. The van der Waals surface area contributed by atoms with Gasteiger partial charge in [0.1, 0.15) is 18.3 Å². The van der Waals surface area contributed by atoms with Crippen molar-refractivity contribution in [2.75, 3.05) is 18.0 Å². The van der Waals surface area contributed by atoms with E-state index >= 15 is 0 Å². The van der Waals surface area contributed by atoms with Crippen molar-refractivity contribution in [2.45, 2.75) is 69.0 Å². The third-order valence-electron chi connectivity index (χ3n) is 8.72. The average molecular weight is 688 g/mol. The van der Waals surface area contributed by atoms with E-state index in [1.54, 1.807) is 49.6 Å². The largest absolute Gasteiger partial charge is 0.497 e. The lowest BCUT2D eigenvalue weighted by atomic mass is 9.94. The van der Waals surface area contributed by atoms with Gasteiger partial charge in [0.2, 0.25) is 11.8 Å². The van der Waals surface area contributed by atoms with E-state index in [9.17, 15) is 18.0 Å². The molecule has 252 valence electrons. The Morgan fingerprint density at radius 2 is 1.54 bits per heavy atom. The number of amides is 2. The standard InChI is InChI=1S/C38H42ClN3O5S/c1-28-20-22-33(23-21-28)48(45,46)42(35-19-10-9-18-34(35)39)27-37(43)41(26-30-14-11-17-32(24-30)47-2)36(25-29-12-5-3-6-13-29)38(44)40-31-15-7-4-8-16-31/h3,5-6,9-14,17-24,31,36H,4,7-8,15-16,25-27H2,1-2H3,(H,40,44)/t36-/m1/s1. The van der Waals surface area contributed by atoms with Crippen LogP contribution in [0.1, 0.15) is 48.8 Å². The Hall–Kier alpha value is -4.34. The summed E-state index contributed by atoms with van der Waals surface area (Å²) in [7, 11) is -2.69. The maximum Gasteiger partial charge on any atom is 0.264 e. The van der Waals surface area contributed by atoms with Gasteiger partial charge >= 0.3 is 0 Å². The van der Waals surface area contributed by atoms with Gasteiger partial charge in [-0.1, -0.05) is 103 Å². The number of hydrogen-bond donors (Lipinski definition) is 1. The number of ether oxygens (including phenoxy) is 1. The smallest absolute Gasteiger partial charge is 0.264 e. The topological polar surface area (TPSA) is 96.0 Å². The van der Waals surface area contributed by atoms with Gasteiger partial charge in [-0.05, 0) is 67.3 Å². The van der Waals surface area contributed by atoms with Crippen molar-refractivity contribution in [1.29, 1.82) is 0 Å². The van der Waals surface area contributed by atoms with Crippen LogP contribution in [0.5, 0.6) is 5.75 Å². The molecule has 1 N–H and O–H groups in total. The lowest BCUT2D eigenvalue weighted by Gasteiger charge is -2.35. The number of halogens is 1. The Labute approximate surface area is 288 Å². The number of benzene rings is 4. The molecule has 1 aliphatic rings. The molecule has 4 aromatic carbocycles. The number of sulfonamides is 1. The zero-order valence-corrected chi connectivity index (χ0v) is 28.9. The molecule has 1 atom stereocenters. The van der Waals surface area contributed by atoms with Crippen molar-refractivity contribution in [3.63, 3.8) is 0 Å². The van der Waals surface area contributed by atoms with Gasteiger partial charge in [-0.25, -0.2) is 8.42 Å². The summed E-state index contributed by atoms with van der Waals surface area (Å²) in [4.78, 5) is 30.5. The minimum atomic E-state index is -4.25. The Morgan fingerprint density at radius 3 is 2.23 bits per heavy atom. The fraction of sp³-hybridized carbons (Fsp3) is 0.316. The first-order chi connectivity index (χ1) is 23.2. The van der Waals surface area contributed by atoms with Crippen molar-refractivity contribution >= 4 is 39.1 Å². The zero-order valence-electron chi connectivity index (χ0n) is 27.3. The van der Waals surface area contributed by atoms with Crippen LogP contribution in [-0.2, 0) is 32.6 Å². The average Bonchev–Trinajstić information content (AvgIpc) is 3.10. The van der Waals surface area contributed by atoms with Crippen molar-refractivity contribution < 1.29 is 22.7 Å². The molecule has 0 heterocycles. The second-order valence-electron chi connectivity index (χ2n) is 12.2. The maximum absolute atomic E-state index is 14.7. The second-order valence-corrected chi connectivity index (χ2v) is 14.5. The van der Waals surface area contributed by atoms with Crippen LogP contribution in [0.4, 0.5) is 5.69 Å². The highest BCUT2D eigenvalue weighted by Gasteiger charge is 2.36. The lowest BCUT2D eigenvalue weighted by Crippen LogP contribution is -2.55. The number of carbonyl (C=O) groups excluding carboxylic acids is 2. The summed E-state index contributed by atoms with van der Waals surface area (Å²) < 4.78 is 35.0. The fourth-order valence-electron chi connectivity index (χ4n) is 6.07. The highest BCUT2D eigenvalue weighted by molar-refractivity contribution is 7.92. The van der Waals surface area contributed by atoms with Gasteiger partial charge in [-0.2, -0.15) is 0 Å². The number of para-hydroxylation sites is 1. The predicted octanol–water partition coefficient (Wildman–Crippen LogP) is 6.94. The van der Waals surface area contributed by atoms with Crippen molar-refractivity contribution in [3.05, 3.63) is 125 Å². The van der Waals surface area contributed by atoms with Crippen molar-refractivity contribution in [3.8, 4) is 5.75 Å². The van der Waals surface area contributed by atoms with Gasteiger partial charge in [0.15, 0.2) is 0 Å². The monoisotopic (exact) mass is 687 g/mol. The van der Waals surface area contributed by atoms with Crippen LogP contribution >= 0.6 is 11.6 Å². The Balaban J connectivity index is 1.58. The number of nitrogens with one attached hydrogen (secondary N) is 1. The summed E-state index contributed by atoms with van der Waals surface area (Å²) in [5.41, 5.74) is 2.67. The van der Waals surface area contributed by atoms with E-state index in [0.717, 1.165) is 53.1 Å². The molecule has 0 saturated heterocycles. The molecule has 0 aromatic heterocycles. The minimum Gasteiger partial charge on any atom is -0.497 e. The number of carbonyl (C=O) groups is 2. The summed E-state index contributed by atoms with van der Waals surface area (Å²) in [6.45, 7) is 1.34. The van der Waals surface area contributed by atoms with Gasteiger partial charge in [0.25, 0.3) is 10.0 Å². The van der Waals surface area contributed by atoms with E-state index in [1.165, 1.54) is 17.0 Å². The van der Waals surface area contributed by atoms with Crippen LogP contribution in [0, 0.1) is 6.92 Å².